The standard InChI is InChI=1S/C16H22ClN3O/c1-12(8-13-4-6-14(17)7-5-13)15(21)16(2,3)9-20-11-18-10-19-20/h4-7,10-12,15,21H,8-9H2,1-3H3. The molecule has 2 rings (SSSR count). The first kappa shape index (κ1) is 16.0. The smallest absolute Gasteiger partial charge is 0.137 e. The molecule has 0 saturated carbocycles. The van der Waals surface area contributed by atoms with Crippen LogP contribution < -0.4 is 0 Å². The van der Waals surface area contributed by atoms with Crippen LogP contribution in [0.15, 0.2) is 36.9 Å². The number of hydrogen-bond acceptors (Lipinski definition) is 3. The number of rotatable bonds is 6. The summed E-state index contributed by atoms with van der Waals surface area (Å²) < 4.78 is 1.76. The highest BCUT2D eigenvalue weighted by Crippen LogP contribution is 2.29. The molecule has 2 unspecified atom stereocenters. The molecule has 5 heteroatoms. The third-order valence-electron chi connectivity index (χ3n) is 3.85. The topological polar surface area (TPSA) is 50.9 Å². The van der Waals surface area contributed by atoms with E-state index in [1.807, 2.05) is 24.3 Å². The van der Waals surface area contributed by atoms with Crippen LogP contribution in [-0.2, 0) is 13.0 Å². The van der Waals surface area contributed by atoms with Gasteiger partial charge in [-0.15, -0.1) is 0 Å². The Bertz CT molecular complexity index is 551. The maximum Gasteiger partial charge on any atom is 0.137 e. The molecule has 1 aromatic heterocycles. The maximum atomic E-state index is 10.7. The fourth-order valence-corrected chi connectivity index (χ4v) is 2.83. The zero-order chi connectivity index (χ0) is 15.5. The largest absolute Gasteiger partial charge is 0.392 e. The highest BCUT2D eigenvalue weighted by atomic mass is 35.5. The maximum absolute atomic E-state index is 10.7. The summed E-state index contributed by atoms with van der Waals surface area (Å²) in [5.41, 5.74) is 0.905. The lowest BCUT2D eigenvalue weighted by Crippen LogP contribution is -2.39. The van der Waals surface area contributed by atoms with Crippen LogP contribution in [0, 0.1) is 11.3 Å². The minimum atomic E-state index is -0.433. The monoisotopic (exact) mass is 307 g/mol. The number of aromatic nitrogens is 3. The Labute approximate surface area is 130 Å². The van der Waals surface area contributed by atoms with E-state index in [0.29, 0.717) is 6.54 Å². The molecule has 0 radical (unpaired) electrons. The van der Waals surface area contributed by atoms with E-state index in [9.17, 15) is 5.11 Å². The van der Waals surface area contributed by atoms with Crippen molar-refractivity contribution in [2.45, 2.75) is 39.8 Å². The molecule has 0 bridgehead atoms. The summed E-state index contributed by atoms with van der Waals surface area (Å²) in [7, 11) is 0. The molecule has 0 fully saturated rings. The van der Waals surface area contributed by atoms with Crippen LogP contribution in [0.5, 0.6) is 0 Å². The molecule has 0 saturated heterocycles. The molecule has 1 heterocycles. The number of halogens is 1. The summed E-state index contributed by atoms with van der Waals surface area (Å²) in [6.45, 7) is 6.82. The van der Waals surface area contributed by atoms with Gasteiger partial charge in [-0.25, -0.2) is 4.98 Å². The molecule has 2 aromatic rings. The van der Waals surface area contributed by atoms with Crippen molar-refractivity contribution in [3.05, 3.63) is 47.5 Å². The van der Waals surface area contributed by atoms with Crippen LogP contribution in [-0.4, -0.2) is 26.0 Å². The third kappa shape index (κ3) is 4.29. The van der Waals surface area contributed by atoms with E-state index in [1.54, 1.807) is 11.0 Å². The number of aliphatic hydroxyl groups excluding tert-OH is 1. The minimum absolute atomic E-state index is 0.143. The SMILES string of the molecule is CC(Cc1ccc(Cl)cc1)C(O)C(C)(C)Cn1cncn1. The normalized spacial score (nSPS) is 14.9. The first-order chi connectivity index (χ1) is 9.88. The van der Waals surface area contributed by atoms with E-state index >= 15 is 0 Å². The Balaban J connectivity index is 2.00. The van der Waals surface area contributed by atoms with Gasteiger partial charge in [-0.2, -0.15) is 5.10 Å². The molecule has 0 aliphatic rings. The molecular weight excluding hydrogens is 286 g/mol. The quantitative estimate of drug-likeness (QED) is 0.891. The fraction of sp³-hybridized carbons (Fsp3) is 0.500. The predicted molar refractivity (Wildman–Crippen MR) is 84.1 cm³/mol. The van der Waals surface area contributed by atoms with Gasteiger partial charge in [0, 0.05) is 10.4 Å². The zero-order valence-electron chi connectivity index (χ0n) is 12.7. The van der Waals surface area contributed by atoms with Gasteiger partial charge in [0.1, 0.15) is 12.7 Å². The average molecular weight is 308 g/mol. The Morgan fingerprint density at radius 3 is 2.52 bits per heavy atom. The third-order valence-corrected chi connectivity index (χ3v) is 4.10. The molecule has 1 N–H and O–H groups in total. The van der Waals surface area contributed by atoms with Gasteiger partial charge in [0.2, 0.25) is 0 Å². The molecule has 0 aliphatic heterocycles. The van der Waals surface area contributed by atoms with E-state index in [0.717, 1.165) is 11.4 Å². The van der Waals surface area contributed by atoms with Crippen molar-refractivity contribution in [2.24, 2.45) is 11.3 Å². The van der Waals surface area contributed by atoms with Crippen LogP contribution in [0.25, 0.3) is 0 Å². The molecule has 4 nitrogen and oxygen atoms in total. The first-order valence-electron chi connectivity index (χ1n) is 7.13. The van der Waals surface area contributed by atoms with Crippen LogP contribution in [0.1, 0.15) is 26.3 Å². The average Bonchev–Trinajstić information content (AvgIpc) is 2.92. The summed E-state index contributed by atoms with van der Waals surface area (Å²) in [5.74, 6) is 0.143. The molecule has 0 aliphatic carbocycles. The van der Waals surface area contributed by atoms with Crippen LogP contribution >= 0.6 is 11.6 Å². The second kappa shape index (κ2) is 6.58. The summed E-state index contributed by atoms with van der Waals surface area (Å²) in [5, 5.41) is 15.5. The molecule has 0 spiro atoms. The lowest BCUT2D eigenvalue weighted by molar-refractivity contribution is -0.00470. The van der Waals surface area contributed by atoms with Crippen LogP contribution in [0.2, 0.25) is 5.02 Å². The Morgan fingerprint density at radius 2 is 1.95 bits per heavy atom. The van der Waals surface area contributed by atoms with Crippen molar-refractivity contribution in [3.63, 3.8) is 0 Å². The summed E-state index contributed by atoms with van der Waals surface area (Å²) in [6, 6.07) is 7.79. The summed E-state index contributed by atoms with van der Waals surface area (Å²) in [4.78, 5) is 3.94. The Morgan fingerprint density at radius 1 is 1.29 bits per heavy atom. The van der Waals surface area contributed by atoms with E-state index in [-0.39, 0.29) is 11.3 Å². The molecule has 0 amide bonds. The number of aliphatic hydroxyl groups is 1. The van der Waals surface area contributed by atoms with Gasteiger partial charge in [0.25, 0.3) is 0 Å². The van der Waals surface area contributed by atoms with Crippen molar-refractivity contribution in [1.82, 2.24) is 14.8 Å². The van der Waals surface area contributed by atoms with Crippen molar-refractivity contribution < 1.29 is 5.11 Å². The van der Waals surface area contributed by atoms with Gasteiger partial charge in [-0.3, -0.25) is 4.68 Å². The van der Waals surface area contributed by atoms with Gasteiger partial charge in [-0.05, 0) is 30.0 Å². The second-order valence-electron chi connectivity index (χ2n) is 6.33. The lowest BCUT2D eigenvalue weighted by atomic mass is 9.78. The summed E-state index contributed by atoms with van der Waals surface area (Å²) >= 11 is 5.90. The van der Waals surface area contributed by atoms with Crippen molar-refractivity contribution in [2.75, 3.05) is 0 Å². The van der Waals surface area contributed by atoms with E-state index < -0.39 is 6.10 Å². The molecular formula is C16H22ClN3O. The Hall–Kier alpha value is -1.39. The molecule has 21 heavy (non-hydrogen) atoms. The minimum Gasteiger partial charge on any atom is -0.392 e. The predicted octanol–water partition coefficient (Wildman–Crippen LogP) is 3.20. The molecule has 1 aromatic carbocycles. The zero-order valence-corrected chi connectivity index (χ0v) is 13.5. The molecule has 2 atom stereocenters. The highest BCUT2D eigenvalue weighted by molar-refractivity contribution is 6.30. The van der Waals surface area contributed by atoms with Gasteiger partial charge < -0.3 is 5.11 Å². The van der Waals surface area contributed by atoms with Gasteiger partial charge in [0.05, 0.1) is 12.6 Å². The van der Waals surface area contributed by atoms with E-state index in [1.165, 1.54) is 11.9 Å². The number of benzene rings is 1. The van der Waals surface area contributed by atoms with Crippen molar-refractivity contribution >= 4 is 11.6 Å². The van der Waals surface area contributed by atoms with E-state index in [4.69, 9.17) is 11.6 Å². The summed E-state index contributed by atoms with van der Waals surface area (Å²) in [6.07, 6.45) is 3.58. The van der Waals surface area contributed by atoms with Gasteiger partial charge >= 0.3 is 0 Å². The molecule has 114 valence electrons. The lowest BCUT2D eigenvalue weighted by Gasteiger charge is -2.34. The van der Waals surface area contributed by atoms with Gasteiger partial charge in [0.15, 0.2) is 0 Å². The number of hydrogen-bond donors (Lipinski definition) is 1. The van der Waals surface area contributed by atoms with Crippen molar-refractivity contribution in [3.8, 4) is 0 Å². The second-order valence-corrected chi connectivity index (χ2v) is 6.77. The van der Waals surface area contributed by atoms with Crippen LogP contribution in [0.3, 0.4) is 0 Å². The number of nitrogens with zero attached hydrogens (tertiary/aromatic N) is 3. The van der Waals surface area contributed by atoms with Crippen LogP contribution in [0.4, 0.5) is 0 Å². The van der Waals surface area contributed by atoms with Gasteiger partial charge in [-0.1, -0.05) is 44.5 Å². The fourth-order valence-electron chi connectivity index (χ4n) is 2.70. The highest BCUT2D eigenvalue weighted by Gasteiger charge is 2.32. The first-order valence-corrected chi connectivity index (χ1v) is 7.51. The van der Waals surface area contributed by atoms with E-state index in [2.05, 4.69) is 30.9 Å². The van der Waals surface area contributed by atoms with Crippen molar-refractivity contribution in [1.29, 1.82) is 0 Å². The Kier molecular flexibility index (Phi) is 5.01.